The first-order chi connectivity index (χ1) is 5.77. The number of hydrogen-bond acceptors (Lipinski definition) is 1. The normalized spacial score (nSPS) is 10.2. The third kappa shape index (κ3) is 2.08. The van der Waals surface area contributed by atoms with Crippen LogP contribution < -0.4 is 0 Å². The zero-order chi connectivity index (χ0) is 8.97. The van der Waals surface area contributed by atoms with Crippen LogP contribution in [-0.2, 0) is 13.0 Å². The van der Waals surface area contributed by atoms with E-state index in [1.807, 2.05) is 6.07 Å². The van der Waals surface area contributed by atoms with E-state index in [-0.39, 0.29) is 6.61 Å². The van der Waals surface area contributed by atoms with E-state index in [1.165, 1.54) is 11.1 Å². The van der Waals surface area contributed by atoms with Crippen LogP contribution in [0.15, 0.2) is 18.2 Å². The van der Waals surface area contributed by atoms with E-state index >= 15 is 0 Å². The third-order valence-corrected chi connectivity index (χ3v) is 2.12. The van der Waals surface area contributed by atoms with Gasteiger partial charge < -0.3 is 5.11 Å². The smallest absolute Gasteiger partial charge is 0.0681 e. The van der Waals surface area contributed by atoms with Crippen LogP contribution in [0.3, 0.4) is 0 Å². The summed E-state index contributed by atoms with van der Waals surface area (Å²) in [6.07, 6.45) is 2.27. The Labute approximate surface area is 74.1 Å². The molecule has 12 heavy (non-hydrogen) atoms. The fraction of sp³-hybridized carbons (Fsp3) is 0.455. The van der Waals surface area contributed by atoms with Crippen molar-refractivity contribution in [3.8, 4) is 0 Å². The number of rotatable bonds is 3. The van der Waals surface area contributed by atoms with Crippen molar-refractivity contribution in [2.24, 2.45) is 0 Å². The van der Waals surface area contributed by atoms with E-state index in [0.29, 0.717) is 0 Å². The molecule has 0 aliphatic carbocycles. The molecule has 0 heterocycles. The van der Waals surface area contributed by atoms with E-state index in [9.17, 15) is 0 Å². The lowest BCUT2D eigenvalue weighted by atomic mass is 10.0. The number of benzene rings is 1. The Morgan fingerprint density at radius 1 is 1.33 bits per heavy atom. The predicted octanol–water partition coefficient (Wildman–Crippen LogP) is 2.44. The lowest BCUT2D eigenvalue weighted by Gasteiger charge is -2.05. The van der Waals surface area contributed by atoms with Crippen molar-refractivity contribution in [2.75, 3.05) is 0 Å². The Balaban J connectivity index is 2.91. The maximum atomic E-state index is 8.92. The minimum Gasteiger partial charge on any atom is -0.392 e. The molecule has 0 amide bonds. The topological polar surface area (TPSA) is 20.2 Å². The fourth-order valence-corrected chi connectivity index (χ4v) is 1.36. The van der Waals surface area contributed by atoms with Crippen molar-refractivity contribution >= 4 is 0 Å². The Morgan fingerprint density at radius 3 is 2.67 bits per heavy atom. The van der Waals surface area contributed by atoms with Gasteiger partial charge in [0.15, 0.2) is 0 Å². The molecule has 0 unspecified atom stereocenters. The van der Waals surface area contributed by atoms with Crippen molar-refractivity contribution in [3.63, 3.8) is 0 Å². The zero-order valence-corrected chi connectivity index (χ0v) is 7.80. The van der Waals surface area contributed by atoms with Gasteiger partial charge in [-0.3, -0.25) is 0 Å². The molecule has 1 nitrogen and oxygen atoms in total. The molecule has 0 bridgehead atoms. The van der Waals surface area contributed by atoms with Gasteiger partial charge in [0, 0.05) is 0 Å². The van der Waals surface area contributed by atoms with Crippen molar-refractivity contribution in [1.29, 1.82) is 0 Å². The first kappa shape index (κ1) is 9.27. The third-order valence-electron chi connectivity index (χ3n) is 2.12. The molecule has 1 heteroatoms. The van der Waals surface area contributed by atoms with Crippen molar-refractivity contribution < 1.29 is 5.11 Å². The molecule has 0 aliphatic heterocycles. The standard InChI is InChI=1S/C11H16O/c1-3-4-11-7-10(8-12)6-5-9(11)2/h5-7,12H,3-4,8H2,1-2H3. The van der Waals surface area contributed by atoms with Gasteiger partial charge in [-0.15, -0.1) is 0 Å². The minimum atomic E-state index is 0.150. The molecule has 1 aromatic rings. The van der Waals surface area contributed by atoms with Gasteiger partial charge in [-0.05, 0) is 30.0 Å². The Hall–Kier alpha value is -0.820. The summed E-state index contributed by atoms with van der Waals surface area (Å²) in [4.78, 5) is 0. The van der Waals surface area contributed by atoms with E-state index < -0.39 is 0 Å². The fourth-order valence-electron chi connectivity index (χ4n) is 1.36. The molecule has 66 valence electrons. The summed E-state index contributed by atoms with van der Waals surface area (Å²) in [5, 5.41) is 8.92. The highest BCUT2D eigenvalue weighted by atomic mass is 16.3. The molecule has 0 radical (unpaired) electrons. The van der Waals surface area contributed by atoms with E-state index in [0.717, 1.165) is 18.4 Å². The van der Waals surface area contributed by atoms with Crippen molar-refractivity contribution in [3.05, 3.63) is 34.9 Å². The van der Waals surface area contributed by atoms with Gasteiger partial charge in [0.1, 0.15) is 0 Å². The summed E-state index contributed by atoms with van der Waals surface area (Å²) in [5.74, 6) is 0. The summed E-state index contributed by atoms with van der Waals surface area (Å²) >= 11 is 0. The molecule has 0 aliphatic rings. The van der Waals surface area contributed by atoms with Gasteiger partial charge in [-0.2, -0.15) is 0 Å². The SMILES string of the molecule is CCCc1cc(CO)ccc1C. The van der Waals surface area contributed by atoms with Gasteiger partial charge in [-0.25, -0.2) is 0 Å². The highest BCUT2D eigenvalue weighted by Gasteiger charge is 1.98. The van der Waals surface area contributed by atoms with Crippen LogP contribution in [0.5, 0.6) is 0 Å². The summed E-state index contributed by atoms with van der Waals surface area (Å²) in [6, 6.07) is 6.16. The molecule has 0 spiro atoms. The predicted molar refractivity (Wildman–Crippen MR) is 51.1 cm³/mol. The maximum Gasteiger partial charge on any atom is 0.0681 e. The second-order valence-electron chi connectivity index (χ2n) is 3.17. The van der Waals surface area contributed by atoms with Gasteiger partial charge in [0.05, 0.1) is 6.61 Å². The van der Waals surface area contributed by atoms with Gasteiger partial charge in [0.25, 0.3) is 0 Å². The van der Waals surface area contributed by atoms with Crippen molar-refractivity contribution in [1.82, 2.24) is 0 Å². The molecule has 1 rings (SSSR count). The van der Waals surface area contributed by atoms with Gasteiger partial charge in [0.2, 0.25) is 0 Å². The Kier molecular flexibility index (Phi) is 3.30. The average Bonchev–Trinajstić information content (AvgIpc) is 2.09. The van der Waals surface area contributed by atoms with Crippen molar-refractivity contribution in [2.45, 2.75) is 33.3 Å². The first-order valence-corrected chi connectivity index (χ1v) is 4.47. The summed E-state index contributed by atoms with van der Waals surface area (Å²) in [5.41, 5.74) is 3.71. The molecule has 0 saturated heterocycles. The van der Waals surface area contributed by atoms with Crippen LogP contribution in [0.4, 0.5) is 0 Å². The van der Waals surface area contributed by atoms with E-state index in [2.05, 4.69) is 26.0 Å². The Bertz CT molecular complexity index is 253. The van der Waals surface area contributed by atoms with Crippen LogP contribution >= 0.6 is 0 Å². The number of aliphatic hydroxyl groups excluding tert-OH is 1. The molecule has 1 N–H and O–H groups in total. The zero-order valence-electron chi connectivity index (χ0n) is 7.80. The monoisotopic (exact) mass is 164 g/mol. The lowest BCUT2D eigenvalue weighted by molar-refractivity contribution is 0.281. The van der Waals surface area contributed by atoms with Crippen LogP contribution in [0.25, 0.3) is 0 Å². The molecule has 1 aromatic carbocycles. The summed E-state index contributed by atoms with van der Waals surface area (Å²) in [6.45, 7) is 4.44. The number of aryl methyl sites for hydroxylation is 2. The van der Waals surface area contributed by atoms with E-state index in [4.69, 9.17) is 5.11 Å². The van der Waals surface area contributed by atoms with Crippen LogP contribution in [0.1, 0.15) is 30.0 Å². The number of hydrogen-bond donors (Lipinski definition) is 1. The minimum absolute atomic E-state index is 0.150. The van der Waals surface area contributed by atoms with Gasteiger partial charge >= 0.3 is 0 Å². The molecular weight excluding hydrogens is 148 g/mol. The maximum absolute atomic E-state index is 8.92. The van der Waals surface area contributed by atoms with Crippen LogP contribution in [0, 0.1) is 6.92 Å². The number of aliphatic hydroxyl groups is 1. The highest BCUT2D eigenvalue weighted by Crippen LogP contribution is 2.12. The summed E-state index contributed by atoms with van der Waals surface area (Å²) < 4.78 is 0. The van der Waals surface area contributed by atoms with Crippen LogP contribution in [0.2, 0.25) is 0 Å². The van der Waals surface area contributed by atoms with E-state index in [1.54, 1.807) is 0 Å². The highest BCUT2D eigenvalue weighted by molar-refractivity contribution is 5.30. The molecule has 0 aromatic heterocycles. The lowest BCUT2D eigenvalue weighted by Crippen LogP contribution is -1.91. The molecule has 0 fully saturated rings. The average molecular weight is 164 g/mol. The second kappa shape index (κ2) is 4.27. The first-order valence-electron chi connectivity index (χ1n) is 4.47. The second-order valence-corrected chi connectivity index (χ2v) is 3.17. The molecular formula is C11H16O. The van der Waals surface area contributed by atoms with Crippen LogP contribution in [-0.4, -0.2) is 5.11 Å². The van der Waals surface area contributed by atoms with Gasteiger partial charge in [-0.1, -0.05) is 31.5 Å². The quantitative estimate of drug-likeness (QED) is 0.727. The Morgan fingerprint density at radius 2 is 2.08 bits per heavy atom. The molecule has 0 atom stereocenters. The molecule has 0 saturated carbocycles. The summed E-state index contributed by atoms with van der Waals surface area (Å²) in [7, 11) is 0. The largest absolute Gasteiger partial charge is 0.392 e.